The van der Waals surface area contributed by atoms with Crippen LogP contribution < -0.4 is 10.6 Å². The fourth-order valence-electron chi connectivity index (χ4n) is 3.35. The molecule has 26 heavy (non-hydrogen) atoms. The number of methoxy groups -OCH3 is 1. The molecule has 1 aromatic carbocycles. The van der Waals surface area contributed by atoms with Crippen molar-refractivity contribution < 1.29 is 22.7 Å². The topological polar surface area (TPSA) is 50.4 Å². The van der Waals surface area contributed by atoms with E-state index in [0.717, 1.165) is 31.7 Å². The van der Waals surface area contributed by atoms with E-state index in [1.54, 1.807) is 13.2 Å². The van der Waals surface area contributed by atoms with Crippen LogP contribution >= 0.6 is 12.4 Å². The second kappa shape index (κ2) is 10.1. The molecule has 1 aliphatic rings. The second-order valence-electron chi connectivity index (χ2n) is 6.51. The molecule has 8 heteroatoms. The fourth-order valence-corrected chi connectivity index (χ4v) is 3.35. The van der Waals surface area contributed by atoms with Crippen LogP contribution in [0.3, 0.4) is 0 Å². The molecule has 148 valence electrons. The Hall–Kier alpha value is -1.31. The van der Waals surface area contributed by atoms with Crippen LogP contribution in [-0.4, -0.2) is 39.3 Å². The minimum Gasteiger partial charge on any atom is -0.383 e. The lowest BCUT2D eigenvalue weighted by molar-refractivity contribution is -0.137. The molecule has 0 heterocycles. The molecular formula is C18H26ClF3N2O2. The molecule has 1 amide bonds. The van der Waals surface area contributed by atoms with Crippen LogP contribution in [0.5, 0.6) is 0 Å². The van der Waals surface area contributed by atoms with E-state index < -0.39 is 17.2 Å². The average molecular weight is 395 g/mol. The Bertz CT molecular complexity index is 576. The largest absolute Gasteiger partial charge is 0.416 e. The third-order valence-electron chi connectivity index (χ3n) is 4.76. The summed E-state index contributed by atoms with van der Waals surface area (Å²) in [5.41, 5.74) is -0.389. The highest BCUT2D eigenvalue weighted by Gasteiger charge is 2.38. The average Bonchev–Trinajstić information content (AvgIpc) is 3.06. The van der Waals surface area contributed by atoms with Gasteiger partial charge in [0, 0.05) is 25.6 Å². The van der Waals surface area contributed by atoms with Gasteiger partial charge in [0.25, 0.3) is 0 Å². The van der Waals surface area contributed by atoms with Crippen LogP contribution in [-0.2, 0) is 21.1 Å². The normalized spacial score (nSPS) is 16.2. The molecule has 0 atom stereocenters. The molecule has 0 spiro atoms. The summed E-state index contributed by atoms with van der Waals surface area (Å²) < 4.78 is 43.9. The zero-order chi connectivity index (χ0) is 18.3. The van der Waals surface area contributed by atoms with Gasteiger partial charge in [-0.05, 0) is 24.5 Å². The Morgan fingerprint density at radius 3 is 2.58 bits per heavy atom. The highest BCUT2D eigenvalue weighted by molar-refractivity contribution is 5.85. The fraction of sp³-hybridized carbons (Fsp3) is 0.611. The zero-order valence-electron chi connectivity index (χ0n) is 14.8. The van der Waals surface area contributed by atoms with Crippen molar-refractivity contribution >= 4 is 18.3 Å². The number of carbonyl (C=O) groups excluding carboxylic acids is 1. The molecule has 0 saturated heterocycles. The van der Waals surface area contributed by atoms with Gasteiger partial charge in [-0.15, -0.1) is 12.4 Å². The van der Waals surface area contributed by atoms with E-state index in [2.05, 4.69) is 10.6 Å². The van der Waals surface area contributed by atoms with Crippen molar-refractivity contribution in [2.75, 3.05) is 33.4 Å². The van der Waals surface area contributed by atoms with E-state index in [-0.39, 0.29) is 24.9 Å². The van der Waals surface area contributed by atoms with Crippen molar-refractivity contribution in [2.45, 2.75) is 37.3 Å². The van der Waals surface area contributed by atoms with Gasteiger partial charge in [0.1, 0.15) is 0 Å². The van der Waals surface area contributed by atoms with Gasteiger partial charge in [0.05, 0.1) is 18.7 Å². The number of ether oxygens (including phenoxy) is 1. The lowest BCUT2D eigenvalue weighted by Crippen LogP contribution is -2.43. The Labute approximate surface area is 158 Å². The molecule has 2 rings (SSSR count). The molecule has 2 N–H and O–H groups in total. The Balaban J connectivity index is 0.00000338. The Morgan fingerprint density at radius 2 is 1.96 bits per heavy atom. The lowest BCUT2D eigenvalue weighted by Gasteiger charge is -2.30. The molecule has 1 saturated carbocycles. The quantitative estimate of drug-likeness (QED) is 0.665. The number of halogens is 4. The summed E-state index contributed by atoms with van der Waals surface area (Å²) in [4.78, 5) is 12.0. The van der Waals surface area contributed by atoms with Crippen LogP contribution in [0.4, 0.5) is 13.2 Å². The smallest absolute Gasteiger partial charge is 0.383 e. The van der Waals surface area contributed by atoms with Gasteiger partial charge in [-0.25, -0.2) is 0 Å². The monoisotopic (exact) mass is 394 g/mol. The number of hydrogen-bond acceptors (Lipinski definition) is 3. The predicted molar refractivity (Wildman–Crippen MR) is 96.6 cm³/mol. The van der Waals surface area contributed by atoms with Gasteiger partial charge in [-0.1, -0.05) is 31.0 Å². The van der Waals surface area contributed by atoms with Gasteiger partial charge in [-0.3, -0.25) is 4.79 Å². The van der Waals surface area contributed by atoms with Gasteiger partial charge >= 0.3 is 6.18 Å². The molecule has 0 radical (unpaired) electrons. The van der Waals surface area contributed by atoms with Crippen LogP contribution in [0, 0.1) is 0 Å². The van der Waals surface area contributed by atoms with E-state index in [1.807, 2.05) is 0 Å². The molecule has 0 aliphatic heterocycles. The van der Waals surface area contributed by atoms with Gasteiger partial charge in [0.15, 0.2) is 0 Å². The number of nitrogens with one attached hydrogen (secondary N) is 2. The number of amides is 1. The first-order valence-electron chi connectivity index (χ1n) is 8.51. The van der Waals surface area contributed by atoms with Gasteiger partial charge in [0.2, 0.25) is 5.91 Å². The Morgan fingerprint density at radius 1 is 1.27 bits per heavy atom. The minimum atomic E-state index is -4.36. The van der Waals surface area contributed by atoms with Gasteiger partial charge < -0.3 is 15.4 Å². The second-order valence-corrected chi connectivity index (χ2v) is 6.51. The SMILES string of the molecule is COCCNCC(=O)NCC1(c2cccc(C(F)(F)F)c2)CCCC1.Cl. The number of alkyl halides is 3. The molecule has 0 bridgehead atoms. The van der Waals surface area contributed by atoms with Crippen molar-refractivity contribution in [3.05, 3.63) is 35.4 Å². The van der Waals surface area contributed by atoms with E-state index >= 15 is 0 Å². The van der Waals surface area contributed by atoms with E-state index in [4.69, 9.17) is 4.74 Å². The molecule has 0 aromatic heterocycles. The maximum atomic E-state index is 13.0. The summed E-state index contributed by atoms with van der Waals surface area (Å²) in [6, 6.07) is 5.51. The summed E-state index contributed by atoms with van der Waals surface area (Å²) in [5, 5.41) is 5.83. The van der Waals surface area contributed by atoms with Crippen LogP contribution in [0.1, 0.15) is 36.8 Å². The standard InChI is InChI=1S/C18H25F3N2O2.ClH/c1-25-10-9-22-12-16(24)23-13-17(7-2-3-8-17)14-5-4-6-15(11-14)18(19,20)21;/h4-6,11,22H,2-3,7-10,12-13H2,1H3,(H,23,24);1H. The third kappa shape index (κ3) is 6.14. The van der Waals surface area contributed by atoms with E-state index in [1.165, 1.54) is 12.1 Å². The summed E-state index contributed by atoms with van der Waals surface area (Å²) in [7, 11) is 1.58. The van der Waals surface area contributed by atoms with Crippen molar-refractivity contribution in [2.24, 2.45) is 0 Å². The predicted octanol–water partition coefficient (Wildman–Crippen LogP) is 3.29. The molecule has 1 aromatic rings. The summed E-state index contributed by atoms with van der Waals surface area (Å²) >= 11 is 0. The van der Waals surface area contributed by atoms with Crippen LogP contribution in [0.15, 0.2) is 24.3 Å². The maximum absolute atomic E-state index is 13.0. The first-order valence-corrected chi connectivity index (χ1v) is 8.51. The first kappa shape index (κ1) is 22.7. The number of rotatable bonds is 8. The highest BCUT2D eigenvalue weighted by Crippen LogP contribution is 2.42. The van der Waals surface area contributed by atoms with Crippen LogP contribution in [0.2, 0.25) is 0 Å². The zero-order valence-corrected chi connectivity index (χ0v) is 15.6. The molecule has 0 unspecified atom stereocenters. The van der Waals surface area contributed by atoms with E-state index in [9.17, 15) is 18.0 Å². The molecule has 1 aliphatic carbocycles. The third-order valence-corrected chi connectivity index (χ3v) is 4.76. The first-order chi connectivity index (χ1) is 11.9. The van der Waals surface area contributed by atoms with Crippen molar-refractivity contribution in [1.29, 1.82) is 0 Å². The van der Waals surface area contributed by atoms with E-state index in [0.29, 0.717) is 25.3 Å². The molecular weight excluding hydrogens is 369 g/mol. The number of hydrogen-bond donors (Lipinski definition) is 2. The number of carbonyl (C=O) groups is 1. The highest BCUT2D eigenvalue weighted by atomic mass is 35.5. The van der Waals surface area contributed by atoms with Crippen LogP contribution in [0.25, 0.3) is 0 Å². The summed E-state index contributed by atoms with van der Waals surface area (Å²) in [5.74, 6) is -0.158. The van der Waals surface area contributed by atoms with Crippen molar-refractivity contribution in [3.8, 4) is 0 Å². The van der Waals surface area contributed by atoms with Crippen molar-refractivity contribution in [3.63, 3.8) is 0 Å². The lowest BCUT2D eigenvalue weighted by atomic mass is 9.78. The van der Waals surface area contributed by atoms with Gasteiger partial charge in [-0.2, -0.15) is 13.2 Å². The molecule has 1 fully saturated rings. The number of benzene rings is 1. The van der Waals surface area contributed by atoms with Crippen molar-refractivity contribution in [1.82, 2.24) is 10.6 Å². The molecule has 4 nitrogen and oxygen atoms in total. The minimum absolute atomic E-state index is 0. The summed E-state index contributed by atoms with van der Waals surface area (Å²) in [6.45, 7) is 1.62. The summed E-state index contributed by atoms with van der Waals surface area (Å²) in [6.07, 6.45) is -0.877. The maximum Gasteiger partial charge on any atom is 0.416 e. The Kier molecular flexibility index (Phi) is 8.86.